The minimum absolute atomic E-state index is 0. The number of fused-ring (bicyclic) bond motifs is 6. The molecular formula is C23H29Cl2N3O2S. The number of nitrogens with one attached hydrogen (secondary N) is 1. The average Bonchev–Trinajstić information content (AvgIpc) is 3.21. The zero-order valence-electron chi connectivity index (χ0n) is 18.0. The van der Waals surface area contributed by atoms with Gasteiger partial charge in [0.2, 0.25) is 9.84 Å². The number of aryl methyl sites for hydroxylation is 1. The van der Waals surface area contributed by atoms with E-state index in [1.54, 1.807) is 12.1 Å². The van der Waals surface area contributed by atoms with Crippen molar-refractivity contribution >= 4 is 45.6 Å². The van der Waals surface area contributed by atoms with Gasteiger partial charge in [-0.1, -0.05) is 24.3 Å². The van der Waals surface area contributed by atoms with E-state index in [2.05, 4.69) is 16.9 Å². The van der Waals surface area contributed by atoms with Crippen molar-refractivity contribution in [1.29, 1.82) is 0 Å². The van der Waals surface area contributed by atoms with Gasteiger partial charge in [0.25, 0.3) is 0 Å². The van der Waals surface area contributed by atoms with Crippen LogP contribution in [0, 0.1) is 0 Å². The summed E-state index contributed by atoms with van der Waals surface area (Å²) in [5.74, 6) is 0. The summed E-state index contributed by atoms with van der Waals surface area (Å²) in [5.41, 5.74) is 4.32. The average molecular weight is 482 g/mol. The smallest absolute Gasteiger partial charge is 0.207 e. The molecular weight excluding hydrogens is 453 g/mol. The van der Waals surface area contributed by atoms with Crippen molar-refractivity contribution in [3.63, 3.8) is 0 Å². The Kier molecular flexibility index (Phi) is 6.80. The summed E-state index contributed by atoms with van der Waals surface area (Å²) in [7, 11) is 2.34. The fourth-order valence-electron chi connectivity index (χ4n) is 5.18. The lowest BCUT2D eigenvalue weighted by molar-refractivity contribution is 0.398. The summed E-state index contributed by atoms with van der Waals surface area (Å²) in [6.45, 7) is 0.587. The number of hydrogen-bond donors (Lipinski definition) is 1. The molecule has 0 amide bonds. The van der Waals surface area contributed by atoms with Gasteiger partial charge in [0.15, 0.2) is 0 Å². The van der Waals surface area contributed by atoms with Gasteiger partial charge < -0.3 is 14.8 Å². The van der Waals surface area contributed by atoms with Gasteiger partial charge in [0.1, 0.15) is 0 Å². The van der Waals surface area contributed by atoms with Crippen molar-refractivity contribution in [3.05, 3.63) is 59.3 Å². The predicted molar refractivity (Wildman–Crippen MR) is 129 cm³/mol. The van der Waals surface area contributed by atoms with Gasteiger partial charge in [-0.15, -0.1) is 24.8 Å². The maximum atomic E-state index is 13.9. The maximum absolute atomic E-state index is 13.9. The van der Waals surface area contributed by atoms with Crippen molar-refractivity contribution in [2.24, 2.45) is 7.05 Å². The van der Waals surface area contributed by atoms with E-state index in [1.165, 1.54) is 11.3 Å². The number of hydrogen-bond acceptors (Lipinski definition) is 4. The van der Waals surface area contributed by atoms with Gasteiger partial charge in [-0.3, -0.25) is 0 Å². The number of nitrogens with zero attached hydrogens (tertiary/aromatic N) is 2. The van der Waals surface area contributed by atoms with E-state index in [0.717, 1.165) is 35.7 Å². The Morgan fingerprint density at radius 3 is 2.48 bits per heavy atom. The molecule has 1 N–H and O–H groups in total. The summed E-state index contributed by atoms with van der Waals surface area (Å²) in [4.78, 5) is 2.85. The van der Waals surface area contributed by atoms with Crippen molar-refractivity contribution in [1.82, 2.24) is 14.8 Å². The van der Waals surface area contributed by atoms with Gasteiger partial charge in [0.05, 0.1) is 9.79 Å². The van der Waals surface area contributed by atoms with Gasteiger partial charge in [0, 0.05) is 48.7 Å². The van der Waals surface area contributed by atoms with E-state index in [4.69, 9.17) is 0 Å². The van der Waals surface area contributed by atoms with Crippen molar-refractivity contribution in [3.8, 4) is 0 Å². The van der Waals surface area contributed by atoms with E-state index in [0.29, 0.717) is 22.4 Å². The van der Waals surface area contributed by atoms with Crippen LogP contribution < -0.4 is 5.32 Å². The van der Waals surface area contributed by atoms with Gasteiger partial charge in [-0.2, -0.15) is 0 Å². The third-order valence-corrected chi connectivity index (χ3v) is 8.31. The van der Waals surface area contributed by atoms with Crippen LogP contribution in [0.1, 0.15) is 35.7 Å². The van der Waals surface area contributed by atoms with Crippen LogP contribution in [0.5, 0.6) is 0 Å². The van der Waals surface area contributed by atoms with E-state index < -0.39 is 9.84 Å². The molecule has 5 nitrogen and oxygen atoms in total. The van der Waals surface area contributed by atoms with Crippen molar-refractivity contribution in [2.75, 3.05) is 14.1 Å². The number of rotatable bonds is 4. The zero-order chi connectivity index (χ0) is 20.3. The first-order valence-electron chi connectivity index (χ1n) is 10.2. The summed E-state index contributed by atoms with van der Waals surface area (Å²) in [6, 6.07) is 13.8. The zero-order valence-corrected chi connectivity index (χ0v) is 20.4. The van der Waals surface area contributed by atoms with Crippen LogP contribution in [0.25, 0.3) is 10.9 Å². The molecule has 3 heterocycles. The molecule has 1 saturated heterocycles. The minimum Gasteiger partial charge on any atom is -0.347 e. The molecule has 1 aromatic heterocycles. The SMILES string of the molecule is CN(C)Cc1ccccc1S(=O)(=O)c1cccc2c1c1c(n2C)CC2CCC1N2.Cl.Cl. The topological polar surface area (TPSA) is 54.3 Å². The molecule has 5 rings (SSSR count). The lowest BCUT2D eigenvalue weighted by Gasteiger charge is -2.23. The highest BCUT2D eigenvalue weighted by Crippen LogP contribution is 2.44. The van der Waals surface area contributed by atoms with Crippen LogP contribution in [0.2, 0.25) is 0 Å². The fraction of sp³-hybridized carbons (Fsp3) is 0.391. The summed E-state index contributed by atoms with van der Waals surface area (Å²) >= 11 is 0. The van der Waals surface area contributed by atoms with Crippen molar-refractivity contribution < 1.29 is 8.42 Å². The van der Waals surface area contributed by atoms with E-state index in [9.17, 15) is 8.42 Å². The quantitative estimate of drug-likeness (QED) is 0.604. The summed E-state index contributed by atoms with van der Waals surface area (Å²) in [5, 5.41) is 4.60. The fourth-order valence-corrected chi connectivity index (χ4v) is 6.90. The highest BCUT2D eigenvalue weighted by atomic mass is 35.5. The molecule has 0 saturated carbocycles. The Balaban J connectivity index is 0.00000136. The lowest BCUT2D eigenvalue weighted by Crippen LogP contribution is -2.32. The first-order valence-corrected chi connectivity index (χ1v) is 11.7. The summed E-state index contributed by atoms with van der Waals surface area (Å²) < 4.78 is 30.0. The molecule has 3 aromatic rings. The predicted octanol–water partition coefficient (Wildman–Crippen LogP) is 4.27. The third-order valence-electron chi connectivity index (χ3n) is 6.42. The molecule has 0 radical (unpaired) electrons. The Hall–Kier alpha value is -1.57. The van der Waals surface area contributed by atoms with Crippen LogP contribution >= 0.6 is 24.8 Å². The highest BCUT2D eigenvalue weighted by Gasteiger charge is 2.38. The van der Waals surface area contributed by atoms with Gasteiger partial charge in [-0.25, -0.2) is 8.42 Å². The second kappa shape index (κ2) is 8.75. The van der Waals surface area contributed by atoms with Gasteiger partial charge >= 0.3 is 0 Å². The molecule has 31 heavy (non-hydrogen) atoms. The number of halogens is 2. The molecule has 1 fully saturated rings. The minimum atomic E-state index is -3.65. The Morgan fingerprint density at radius 2 is 1.74 bits per heavy atom. The van der Waals surface area contributed by atoms with E-state index in [1.807, 2.05) is 49.3 Å². The van der Waals surface area contributed by atoms with Crippen LogP contribution in [0.4, 0.5) is 0 Å². The maximum Gasteiger partial charge on any atom is 0.207 e. The largest absolute Gasteiger partial charge is 0.347 e. The summed E-state index contributed by atoms with van der Waals surface area (Å²) in [6.07, 6.45) is 3.19. The second-order valence-corrected chi connectivity index (χ2v) is 10.5. The molecule has 2 bridgehead atoms. The molecule has 2 unspecified atom stereocenters. The first-order chi connectivity index (χ1) is 13.9. The molecule has 2 aliphatic rings. The van der Waals surface area contributed by atoms with E-state index in [-0.39, 0.29) is 30.9 Å². The Labute approximate surface area is 196 Å². The first kappa shape index (κ1) is 24.1. The van der Waals surface area contributed by atoms with Crippen LogP contribution in [-0.4, -0.2) is 38.0 Å². The molecule has 2 atom stereocenters. The van der Waals surface area contributed by atoms with Crippen LogP contribution in [-0.2, 0) is 29.9 Å². The molecule has 168 valence electrons. The third kappa shape index (κ3) is 3.79. The molecule has 2 aliphatic heterocycles. The van der Waals surface area contributed by atoms with Gasteiger partial charge in [-0.05, 0) is 56.3 Å². The molecule has 8 heteroatoms. The second-order valence-electron chi connectivity index (χ2n) is 8.62. The number of benzene rings is 2. The molecule has 0 spiro atoms. The monoisotopic (exact) mass is 481 g/mol. The standard InChI is InChI=1S/C23H27N3O2S.2ClH/c1-25(2)14-15-7-4-5-9-20(15)29(27,28)21-10-6-8-18-23(21)22-17-12-11-16(24-17)13-19(22)26(18)3;;/h4-10,16-17,24H,11-14H2,1-3H3;2*1H. The molecule has 0 aliphatic carbocycles. The van der Waals surface area contributed by atoms with Crippen LogP contribution in [0.3, 0.4) is 0 Å². The van der Waals surface area contributed by atoms with E-state index >= 15 is 0 Å². The number of aromatic nitrogens is 1. The Bertz CT molecular complexity index is 1220. The normalized spacial score (nSPS) is 19.7. The molecule has 2 aromatic carbocycles. The Morgan fingerprint density at radius 1 is 1.03 bits per heavy atom. The van der Waals surface area contributed by atoms with Crippen LogP contribution in [0.15, 0.2) is 52.3 Å². The van der Waals surface area contributed by atoms with Crippen molar-refractivity contribution in [2.45, 2.75) is 47.7 Å². The lowest BCUT2D eigenvalue weighted by atomic mass is 9.99. The highest BCUT2D eigenvalue weighted by molar-refractivity contribution is 7.91. The number of sulfone groups is 1.